The molecule has 2 rings (SSSR count). The van der Waals surface area contributed by atoms with E-state index in [0.717, 1.165) is 12.8 Å². The van der Waals surface area contributed by atoms with Gasteiger partial charge in [0.2, 0.25) is 5.91 Å². The van der Waals surface area contributed by atoms with Crippen molar-refractivity contribution in [3.8, 4) is 0 Å². The Balaban J connectivity index is 2.02. The van der Waals surface area contributed by atoms with Crippen molar-refractivity contribution >= 4 is 23.6 Å². The lowest BCUT2D eigenvalue weighted by Crippen LogP contribution is -2.44. The van der Waals surface area contributed by atoms with Crippen LogP contribution in [0.2, 0.25) is 0 Å². The first kappa shape index (κ1) is 19.5. The fourth-order valence-electron chi connectivity index (χ4n) is 2.74. The van der Waals surface area contributed by atoms with Crippen molar-refractivity contribution in [2.75, 3.05) is 39.1 Å². The van der Waals surface area contributed by atoms with Gasteiger partial charge in [-0.25, -0.2) is 4.79 Å². The predicted octanol–water partition coefficient (Wildman–Crippen LogP) is 2.14. The molecule has 1 heterocycles. The first-order chi connectivity index (χ1) is 12.3. The van der Waals surface area contributed by atoms with Gasteiger partial charge in [-0.05, 0) is 43.2 Å². The van der Waals surface area contributed by atoms with E-state index in [1.807, 2.05) is 0 Å². The molecule has 0 radical (unpaired) electrons. The Morgan fingerprint density at radius 1 is 1.19 bits per heavy atom. The van der Waals surface area contributed by atoms with Crippen molar-refractivity contribution in [1.29, 1.82) is 0 Å². The number of hydrogen-bond acceptors (Lipinski definition) is 4. The Morgan fingerprint density at radius 3 is 2.42 bits per heavy atom. The topological polar surface area (TPSA) is 70.2 Å². The maximum Gasteiger partial charge on any atom is 0.409 e. The number of anilines is 1. The van der Waals surface area contributed by atoms with Gasteiger partial charge < -0.3 is 19.4 Å². The lowest BCUT2D eigenvalue weighted by molar-refractivity contribution is -0.113. The van der Waals surface area contributed by atoms with E-state index in [1.165, 1.54) is 15.9 Å². The molecule has 0 spiro atoms. The molecule has 0 bridgehead atoms. The summed E-state index contributed by atoms with van der Waals surface area (Å²) in [6.45, 7) is 4.48. The van der Waals surface area contributed by atoms with E-state index in [1.54, 1.807) is 50.3 Å². The molecule has 3 amide bonds. The Hall–Kier alpha value is -2.83. The highest BCUT2D eigenvalue weighted by Crippen LogP contribution is 2.19. The number of carbonyl (C=O) groups is 3. The summed E-state index contributed by atoms with van der Waals surface area (Å²) in [7, 11) is 4.91. The molecule has 0 N–H and O–H groups in total. The van der Waals surface area contributed by atoms with Crippen molar-refractivity contribution in [1.82, 2.24) is 9.80 Å². The number of carbonyl (C=O) groups excluding carboxylic acids is 3. The second kappa shape index (κ2) is 8.51. The zero-order valence-electron chi connectivity index (χ0n) is 15.5. The lowest BCUT2D eigenvalue weighted by Gasteiger charge is -2.33. The second-order valence-electron chi connectivity index (χ2n) is 6.44. The molecular formula is C19H25N3O4. The molecular weight excluding hydrogens is 334 g/mol. The van der Waals surface area contributed by atoms with Crippen LogP contribution in [0, 0.1) is 0 Å². The summed E-state index contributed by atoms with van der Waals surface area (Å²) in [6.07, 6.45) is 2.08. The number of hydrogen-bond donors (Lipinski definition) is 0. The van der Waals surface area contributed by atoms with Crippen LogP contribution in [-0.4, -0.2) is 68.0 Å². The van der Waals surface area contributed by atoms with Gasteiger partial charge in [0.05, 0.1) is 6.54 Å². The molecule has 1 aliphatic heterocycles. The van der Waals surface area contributed by atoms with Gasteiger partial charge in [-0.1, -0.05) is 6.58 Å². The third-order valence-corrected chi connectivity index (χ3v) is 4.30. The Labute approximate surface area is 153 Å². The number of rotatable bonds is 4. The van der Waals surface area contributed by atoms with Gasteiger partial charge in [-0.2, -0.15) is 0 Å². The summed E-state index contributed by atoms with van der Waals surface area (Å²) >= 11 is 0. The quantitative estimate of drug-likeness (QED) is 0.773. The molecule has 140 valence electrons. The molecule has 0 aromatic heterocycles. The van der Waals surface area contributed by atoms with Crippen molar-refractivity contribution in [3.05, 3.63) is 42.5 Å². The van der Waals surface area contributed by atoms with Gasteiger partial charge in [0, 0.05) is 38.9 Å². The molecule has 1 saturated heterocycles. The van der Waals surface area contributed by atoms with Gasteiger partial charge in [-0.15, -0.1) is 0 Å². The van der Waals surface area contributed by atoms with Crippen molar-refractivity contribution in [2.45, 2.75) is 18.9 Å². The second-order valence-corrected chi connectivity index (χ2v) is 6.44. The van der Waals surface area contributed by atoms with E-state index >= 15 is 0 Å². The molecule has 1 fully saturated rings. The lowest BCUT2D eigenvalue weighted by atomic mass is 10.1. The number of amides is 3. The highest BCUT2D eigenvalue weighted by molar-refractivity contribution is 6.01. The van der Waals surface area contributed by atoms with E-state index in [2.05, 4.69) is 6.58 Å². The van der Waals surface area contributed by atoms with Crippen molar-refractivity contribution in [3.63, 3.8) is 0 Å². The van der Waals surface area contributed by atoms with Crippen LogP contribution in [0.25, 0.3) is 0 Å². The van der Waals surface area contributed by atoms with Crippen LogP contribution in [0.3, 0.4) is 0 Å². The van der Waals surface area contributed by atoms with Crippen LogP contribution < -0.4 is 4.90 Å². The van der Waals surface area contributed by atoms with Gasteiger partial charge in [0.1, 0.15) is 6.10 Å². The normalized spacial score (nSPS) is 16.6. The molecule has 0 aliphatic carbocycles. The van der Waals surface area contributed by atoms with Crippen molar-refractivity contribution in [2.24, 2.45) is 0 Å². The third kappa shape index (κ3) is 4.62. The fraction of sp³-hybridized carbons (Fsp3) is 0.421. The molecule has 0 saturated carbocycles. The molecule has 1 atom stereocenters. The Kier molecular flexibility index (Phi) is 6.38. The number of nitrogens with zero attached hydrogens (tertiary/aromatic N) is 3. The highest BCUT2D eigenvalue weighted by Gasteiger charge is 2.27. The maximum atomic E-state index is 12.7. The summed E-state index contributed by atoms with van der Waals surface area (Å²) in [5.74, 6) is -0.328. The van der Waals surface area contributed by atoms with Gasteiger partial charge in [0.25, 0.3) is 5.91 Å². The third-order valence-electron chi connectivity index (χ3n) is 4.30. The van der Waals surface area contributed by atoms with Crippen molar-refractivity contribution < 1.29 is 19.1 Å². The Bertz CT molecular complexity index is 685. The standard InChI is InChI=1S/C19H25N3O4/c1-5-17(23)21(4)15-10-8-14(9-11-15)18(24)22-12-6-7-16(13-22)26-19(25)20(2)3/h5,8-11,16H,1,6-7,12-13H2,2-4H3. The minimum absolute atomic E-state index is 0.111. The molecule has 1 aromatic rings. The smallest absolute Gasteiger partial charge is 0.409 e. The van der Waals surface area contributed by atoms with E-state index in [0.29, 0.717) is 24.3 Å². The minimum atomic E-state index is -0.399. The van der Waals surface area contributed by atoms with Crippen LogP contribution in [0.15, 0.2) is 36.9 Å². The molecule has 7 heteroatoms. The average molecular weight is 359 g/mol. The first-order valence-corrected chi connectivity index (χ1v) is 8.51. The predicted molar refractivity (Wildman–Crippen MR) is 99.1 cm³/mol. The number of ether oxygens (including phenoxy) is 1. The van der Waals surface area contributed by atoms with Crippen LogP contribution in [0.5, 0.6) is 0 Å². The number of piperidine rings is 1. The molecule has 1 aliphatic rings. The summed E-state index contributed by atoms with van der Waals surface area (Å²) in [5, 5.41) is 0. The average Bonchev–Trinajstić information content (AvgIpc) is 2.66. The van der Waals surface area contributed by atoms with Crippen LogP contribution in [0.4, 0.5) is 10.5 Å². The van der Waals surface area contributed by atoms with Gasteiger partial charge >= 0.3 is 6.09 Å². The van der Waals surface area contributed by atoms with Crippen LogP contribution in [0.1, 0.15) is 23.2 Å². The maximum absolute atomic E-state index is 12.7. The Morgan fingerprint density at radius 2 is 1.85 bits per heavy atom. The summed E-state index contributed by atoms with van der Waals surface area (Å²) < 4.78 is 5.40. The molecule has 1 unspecified atom stereocenters. The first-order valence-electron chi connectivity index (χ1n) is 8.51. The highest BCUT2D eigenvalue weighted by atomic mass is 16.6. The molecule has 1 aromatic carbocycles. The minimum Gasteiger partial charge on any atom is -0.444 e. The molecule has 7 nitrogen and oxygen atoms in total. The van der Waals surface area contributed by atoms with E-state index < -0.39 is 6.09 Å². The van der Waals surface area contributed by atoms with Crippen LogP contribution >= 0.6 is 0 Å². The zero-order chi connectivity index (χ0) is 19.3. The summed E-state index contributed by atoms with van der Waals surface area (Å²) in [6, 6.07) is 6.84. The SMILES string of the molecule is C=CC(=O)N(C)c1ccc(C(=O)N2CCCC(OC(=O)N(C)C)C2)cc1. The van der Waals surface area contributed by atoms with Crippen LogP contribution in [-0.2, 0) is 9.53 Å². The number of benzene rings is 1. The van der Waals surface area contributed by atoms with Gasteiger partial charge in [0.15, 0.2) is 0 Å². The van der Waals surface area contributed by atoms with E-state index in [9.17, 15) is 14.4 Å². The monoisotopic (exact) mass is 359 g/mol. The molecule has 26 heavy (non-hydrogen) atoms. The number of likely N-dealkylation sites (tertiary alicyclic amines) is 1. The number of likely N-dealkylation sites (N-methyl/N-ethyl adjacent to an activating group) is 1. The van der Waals surface area contributed by atoms with Gasteiger partial charge in [-0.3, -0.25) is 9.59 Å². The fourth-order valence-corrected chi connectivity index (χ4v) is 2.74. The van der Waals surface area contributed by atoms with E-state index in [4.69, 9.17) is 4.74 Å². The summed E-state index contributed by atoms with van der Waals surface area (Å²) in [5.41, 5.74) is 1.22. The zero-order valence-corrected chi connectivity index (χ0v) is 15.5. The largest absolute Gasteiger partial charge is 0.444 e. The van der Waals surface area contributed by atoms with E-state index in [-0.39, 0.29) is 17.9 Å². The summed E-state index contributed by atoms with van der Waals surface area (Å²) in [4.78, 5) is 40.6.